The molecule has 0 fully saturated rings. The van der Waals surface area contributed by atoms with Crippen LogP contribution < -0.4 is 32.6 Å². The minimum atomic E-state index is -0.100. The minimum Gasteiger partial charge on any atom is -0.289 e. The Labute approximate surface area is 355 Å². The second-order valence-corrected chi connectivity index (χ2v) is 18.5. The van der Waals surface area contributed by atoms with E-state index in [2.05, 4.69) is 20.8 Å². The molecule has 4 aromatic rings. The first-order valence-electron chi connectivity index (χ1n) is 22.5. The van der Waals surface area contributed by atoms with E-state index < -0.39 is 0 Å². The number of benzene rings is 10. The van der Waals surface area contributed by atoms with Crippen molar-refractivity contribution in [3.63, 3.8) is 0 Å². The maximum atomic E-state index is 13.7. The third-order valence-corrected chi connectivity index (χ3v) is 16.7. The Hall–Kier alpha value is -6.40. The lowest BCUT2D eigenvalue weighted by atomic mass is 9.68. The minimum absolute atomic E-state index is 0.0201. The van der Waals surface area contributed by atoms with E-state index in [0.29, 0.717) is 58.7 Å². The molecule has 0 amide bonds. The van der Waals surface area contributed by atoms with Gasteiger partial charge < -0.3 is 0 Å². The van der Waals surface area contributed by atoms with Crippen molar-refractivity contribution in [1.82, 2.24) is 0 Å². The van der Waals surface area contributed by atoms with E-state index in [-0.39, 0.29) is 32.6 Å². The van der Waals surface area contributed by atoms with Crippen molar-refractivity contribution in [2.45, 2.75) is 108 Å². The van der Waals surface area contributed by atoms with Crippen LogP contribution >= 0.6 is 0 Å². The molecular weight excluding hydrogens is 769 g/mol. The number of aryl methyl sites for hydroxylation is 1. The van der Waals surface area contributed by atoms with Crippen LogP contribution in [0.15, 0.2) is 28.8 Å². The Morgan fingerprint density at radius 2 is 0.516 bits per heavy atom. The first kappa shape index (κ1) is 36.3. The molecule has 0 saturated carbocycles. The fourth-order valence-electron chi connectivity index (χ4n) is 13.6. The molecule has 0 aromatic heterocycles. The smallest absolute Gasteiger partial charge is 0.190 e. The summed E-state index contributed by atoms with van der Waals surface area (Å²) in [7, 11) is 0. The molecule has 0 aliphatic heterocycles. The first-order chi connectivity index (χ1) is 29.8. The second-order valence-electron chi connectivity index (χ2n) is 18.5. The van der Waals surface area contributed by atoms with Gasteiger partial charge in [0.25, 0.3) is 0 Å². The predicted octanol–water partition coefficient (Wildman–Crippen LogP) is 9.13. The molecule has 62 heavy (non-hydrogen) atoms. The zero-order valence-corrected chi connectivity index (χ0v) is 36.7. The van der Waals surface area contributed by atoms with Crippen LogP contribution in [0, 0.1) is 41.5 Å². The van der Waals surface area contributed by atoms with Gasteiger partial charge in [0, 0.05) is 115 Å². The Bertz CT molecular complexity index is 4050. The normalized spacial score (nSPS) is 14.6. The van der Waals surface area contributed by atoms with Gasteiger partial charge in [-0.05, 0) is 152 Å². The summed E-state index contributed by atoms with van der Waals surface area (Å²) >= 11 is 0. The molecule has 4 aromatic carbocycles. The summed E-state index contributed by atoms with van der Waals surface area (Å²) in [6, 6.07) is 0. The van der Waals surface area contributed by atoms with Crippen LogP contribution in [-0.2, 0) is 38.5 Å². The zero-order valence-electron chi connectivity index (χ0n) is 36.7. The Morgan fingerprint density at radius 3 is 0.935 bits per heavy atom. The molecule has 0 unspecified atom stereocenters. The molecule has 12 aliphatic rings. The predicted molar refractivity (Wildman–Crippen MR) is 252 cm³/mol. The fraction of sp³-hybridized carbons (Fsp3) is 0.286. The van der Waals surface area contributed by atoms with Gasteiger partial charge in [-0.25, -0.2) is 0 Å². The Kier molecular flexibility index (Phi) is 6.42. The number of hydrogen-bond acceptors (Lipinski definition) is 6. The summed E-state index contributed by atoms with van der Waals surface area (Å²) in [6.07, 6.45) is 3.76. The Balaban J connectivity index is 0.000000117. The SMILES string of the molecule is CC.CC.Cc1c2c3c(c(=O)c4c5c-3c(c1=O)c1c3c5c(c(=O)c5c-3c(c(C)c1=O)C5)C4)C2.Cc1c2c3c(c(C)c(C)c4c5c6c7c(c(=O)c8c-6c(c(C)c5=O)C8)Cc1c7c34)C2. The molecule has 302 valence electrons. The van der Waals surface area contributed by atoms with Crippen LogP contribution in [-0.4, -0.2) is 0 Å². The summed E-state index contributed by atoms with van der Waals surface area (Å²) in [5, 5.41) is 9.57. The molecule has 0 N–H and O–H groups in total. The highest BCUT2D eigenvalue weighted by Gasteiger charge is 2.44. The molecule has 0 radical (unpaired) electrons. The van der Waals surface area contributed by atoms with Crippen LogP contribution in [0.4, 0.5) is 0 Å². The molecule has 6 nitrogen and oxygen atoms in total. The van der Waals surface area contributed by atoms with E-state index in [4.69, 9.17) is 0 Å². The molecule has 0 spiro atoms. The van der Waals surface area contributed by atoms with Crippen molar-refractivity contribution in [3.8, 4) is 33.4 Å². The molecule has 12 aliphatic carbocycles. The van der Waals surface area contributed by atoms with Gasteiger partial charge in [-0.15, -0.1) is 0 Å². The topological polar surface area (TPSA) is 102 Å². The highest BCUT2D eigenvalue weighted by molar-refractivity contribution is 6.35. The van der Waals surface area contributed by atoms with E-state index >= 15 is 0 Å². The average Bonchev–Trinajstić information content (AvgIpc) is 3.83. The van der Waals surface area contributed by atoms with Gasteiger partial charge in [-0.2, -0.15) is 0 Å². The van der Waals surface area contributed by atoms with Gasteiger partial charge in [-0.3, -0.25) is 28.8 Å². The lowest BCUT2D eigenvalue weighted by Crippen LogP contribution is -2.30. The van der Waals surface area contributed by atoms with E-state index in [9.17, 15) is 28.8 Å². The standard InChI is InChI=1S/C27H18O2.C25H12O4.2C2H6/c1-8-9(2)18-23-19-12(8)5-13(19)10(3)14-6-17-22(21(14)23)24-20-15(7-16(20)27(17)29)11(4)26(28)25(18)24;1-6-8-3-10-14(8)18-16-12(24(10)28)5-13-17(16)19-15-9(4-11(15)25(13)29)7(2)23(27)21(19)20(18)22(6)26;2*1-2/h5-7H2,1-4H3;3-5H2,1-2H3;2*1-2H3. The summed E-state index contributed by atoms with van der Waals surface area (Å²) in [4.78, 5) is 80.4. The number of rotatable bonds is 0. The van der Waals surface area contributed by atoms with Gasteiger partial charge >= 0.3 is 0 Å². The first-order valence-corrected chi connectivity index (χ1v) is 22.5. The van der Waals surface area contributed by atoms with Crippen LogP contribution in [0.1, 0.15) is 128 Å². The molecule has 6 heteroatoms. The molecule has 16 rings (SSSR count). The van der Waals surface area contributed by atoms with Crippen molar-refractivity contribution in [2.24, 2.45) is 0 Å². The third kappa shape index (κ3) is 3.38. The van der Waals surface area contributed by atoms with Crippen molar-refractivity contribution >= 4 is 53.9 Å². The quantitative estimate of drug-likeness (QED) is 0.112. The van der Waals surface area contributed by atoms with Crippen molar-refractivity contribution in [2.75, 3.05) is 0 Å². The van der Waals surface area contributed by atoms with Gasteiger partial charge in [-0.1, -0.05) is 27.7 Å². The van der Waals surface area contributed by atoms with Gasteiger partial charge in [0.05, 0.1) is 0 Å². The zero-order chi connectivity index (χ0) is 43.3. The van der Waals surface area contributed by atoms with Crippen LogP contribution in [0.3, 0.4) is 0 Å². The van der Waals surface area contributed by atoms with Crippen LogP contribution in [0.2, 0.25) is 0 Å². The maximum Gasteiger partial charge on any atom is 0.190 e. The maximum absolute atomic E-state index is 13.7. The van der Waals surface area contributed by atoms with E-state index in [0.717, 1.165) is 118 Å². The number of fused-ring (bicyclic) bond motifs is 2. The van der Waals surface area contributed by atoms with E-state index in [1.807, 2.05) is 34.6 Å². The molecule has 0 atom stereocenters. The fourth-order valence-corrected chi connectivity index (χ4v) is 13.6. The van der Waals surface area contributed by atoms with Crippen molar-refractivity contribution in [3.05, 3.63) is 161 Å². The average molecular weight is 811 g/mol. The van der Waals surface area contributed by atoms with Crippen molar-refractivity contribution < 1.29 is 0 Å². The molecular formula is C56H42O6. The molecule has 0 saturated heterocycles. The largest absolute Gasteiger partial charge is 0.289 e. The van der Waals surface area contributed by atoms with Crippen LogP contribution in [0.5, 0.6) is 0 Å². The summed E-state index contributed by atoms with van der Waals surface area (Å²) in [6.45, 7) is 20.2. The third-order valence-electron chi connectivity index (χ3n) is 16.7. The Morgan fingerprint density at radius 1 is 0.210 bits per heavy atom. The van der Waals surface area contributed by atoms with Crippen LogP contribution in [0.25, 0.3) is 87.2 Å². The number of hydrogen-bond donors (Lipinski definition) is 0. The summed E-state index contributed by atoms with van der Waals surface area (Å²) in [5.74, 6) is 0. The highest BCUT2D eigenvalue weighted by Crippen LogP contribution is 2.58. The highest BCUT2D eigenvalue weighted by atomic mass is 16.1. The summed E-state index contributed by atoms with van der Waals surface area (Å²) in [5.41, 5.74) is 23.7. The molecule has 0 bridgehead atoms. The van der Waals surface area contributed by atoms with E-state index in [1.54, 1.807) is 13.8 Å². The van der Waals surface area contributed by atoms with Gasteiger partial charge in [0.15, 0.2) is 32.6 Å². The van der Waals surface area contributed by atoms with Gasteiger partial charge in [0.1, 0.15) is 0 Å². The second kappa shape index (κ2) is 11.0. The lowest BCUT2D eigenvalue weighted by molar-refractivity contribution is 1.03. The van der Waals surface area contributed by atoms with Gasteiger partial charge in [0.2, 0.25) is 0 Å². The summed E-state index contributed by atoms with van der Waals surface area (Å²) < 4.78 is 0. The lowest BCUT2D eigenvalue weighted by Gasteiger charge is -2.33. The van der Waals surface area contributed by atoms with E-state index in [1.165, 1.54) is 49.5 Å². The monoisotopic (exact) mass is 810 g/mol. The van der Waals surface area contributed by atoms with Crippen molar-refractivity contribution in [1.29, 1.82) is 0 Å². The molecule has 0 heterocycles.